The first-order chi connectivity index (χ1) is 13.7. The lowest BCUT2D eigenvalue weighted by Crippen LogP contribution is -3.16. The molecular formula is C23H31N2O3+. The van der Waals surface area contributed by atoms with Crippen LogP contribution < -0.4 is 9.80 Å². The largest absolute Gasteiger partial charge is 0.506 e. The van der Waals surface area contributed by atoms with E-state index in [2.05, 4.69) is 29.2 Å². The zero-order chi connectivity index (χ0) is 19.3. The molecule has 0 unspecified atom stereocenters. The van der Waals surface area contributed by atoms with Crippen molar-refractivity contribution in [2.75, 3.05) is 44.2 Å². The second-order valence-corrected chi connectivity index (χ2v) is 8.00. The number of ether oxygens (including phenoxy) is 1. The van der Waals surface area contributed by atoms with Crippen LogP contribution in [0.2, 0.25) is 0 Å². The molecule has 150 valence electrons. The van der Waals surface area contributed by atoms with Gasteiger partial charge in [-0.1, -0.05) is 36.4 Å². The third-order valence-electron chi connectivity index (χ3n) is 6.02. The lowest BCUT2D eigenvalue weighted by Gasteiger charge is -2.35. The number of para-hydroxylation sites is 2. The summed E-state index contributed by atoms with van der Waals surface area (Å²) >= 11 is 0. The third-order valence-corrected chi connectivity index (χ3v) is 6.02. The number of anilines is 1. The number of aliphatic hydroxyl groups excluding tert-OH is 1. The van der Waals surface area contributed by atoms with Gasteiger partial charge in [0, 0.05) is 0 Å². The van der Waals surface area contributed by atoms with E-state index in [0.717, 1.165) is 51.1 Å². The molecule has 0 bridgehead atoms. The number of rotatable bonds is 6. The molecule has 2 atom stereocenters. The zero-order valence-electron chi connectivity index (χ0n) is 16.4. The number of piperazine rings is 1. The molecule has 2 aliphatic rings. The standard InChI is InChI=1S/C23H30N2O3/c26-19(17-28-23-11-5-7-18-6-1-2-8-20(18)23)16-24-12-14-25(15-13-24)21-9-3-4-10-22(21)27/h1-4,6,8-10,19,23,26-27H,5,7,11-17H2/p+1/t19-,23+/m1/s1. The lowest BCUT2D eigenvalue weighted by molar-refractivity contribution is -0.903. The Morgan fingerprint density at radius 3 is 2.64 bits per heavy atom. The molecule has 1 heterocycles. The number of aliphatic hydroxyl groups is 1. The topological polar surface area (TPSA) is 57.4 Å². The van der Waals surface area contributed by atoms with Gasteiger partial charge in [-0.15, -0.1) is 0 Å². The Hall–Kier alpha value is -2.08. The summed E-state index contributed by atoms with van der Waals surface area (Å²) in [6, 6.07) is 16.0. The fraction of sp³-hybridized carbons (Fsp3) is 0.478. The van der Waals surface area contributed by atoms with Crippen molar-refractivity contribution in [2.24, 2.45) is 0 Å². The third kappa shape index (κ3) is 4.49. The number of aromatic hydroxyl groups is 1. The van der Waals surface area contributed by atoms with Crippen molar-refractivity contribution in [1.29, 1.82) is 0 Å². The number of nitrogens with one attached hydrogen (secondary N) is 1. The monoisotopic (exact) mass is 383 g/mol. The Bertz CT molecular complexity index is 774. The molecule has 2 aromatic carbocycles. The molecule has 0 spiro atoms. The zero-order valence-corrected chi connectivity index (χ0v) is 16.4. The highest BCUT2D eigenvalue weighted by Crippen LogP contribution is 2.32. The number of aryl methyl sites for hydroxylation is 1. The van der Waals surface area contributed by atoms with E-state index in [9.17, 15) is 10.2 Å². The maximum atomic E-state index is 10.5. The maximum Gasteiger partial charge on any atom is 0.138 e. The van der Waals surface area contributed by atoms with E-state index < -0.39 is 6.10 Å². The maximum absolute atomic E-state index is 10.5. The van der Waals surface area contributed by atoms with Crippen molar-refractivity contribution >= 4 is 5.69 Å². The fourth-order valence-corrected chi connectivity index (χ4v) is 4.50. The summed E-state index contributed by atoms with van der Waals surface area (Å²) < 4.78 is 6.11. The first-order valence-corrected chi connectivity index (χ1v) is 10.4. The van der Waals surface area contributed by atoms with Gasteiger partial charge in [0.15, 0.2) is 0 Å². The Morgan fingerprint density at radius 2 is 1.82 bits per heavy atom. The van der Waals surface area contributed by atoms with Gasteiger partial charge in [0.25, 0.3) is 0 Å². The van der Waals surface area contributed by atoms with Crippen LogP contribution in [0.25, 0.3) is 0 Å². The molecule has 1 aliphatic heterocycles. The summed E-state index contributed by atoms with van der Waals surface area (Å²) in [4.78, 5) is 3.62. The second-order valence-electron chi connectivity index (χ2n) is 8.00. The van der Waals surface area contributed by atoms with Crippen LogP contribution in [0.15, 0.2) is 48.5 Å². The first kappa shape index (κ1) is 19.2. The van der Waals surface area contributed by atoms with Crippen LogP contribution in [0.5, 0.6) is 5.75 Å². The molecule has 5 heteroatoms. The van der Waals surface area contributed by atoms with Crippen molar-refractivity contribution in [3.63, 3.8) is 0 Å². The van der Waals surface area contributed by atoms with Gasteiger partial charge in [0.2, 0.25) is 0 Å². The summed E-state index contributed by atoms with van der Waals surface area (Å²) in [5.41, 5.74) is 3.59. The molecule has 4 rings (SSSR count). The van der Waals surface area contributed by atoms with E-state index in [-0.39, 0.29) is 6.10 Å². The molecule has 0 amide bonds. The van der Waals surface area contributed by atoms with E-state index in [0.29, 0.717) is 18.9 Å². The molecule has 2 aromatic rings. The van der Waals surface area contributed by atoms with Gasteiger partial charge >= 0.3 is 0 Å². The van der Waals surface area contributed by atoms with Crippen LogP contribution in [-0.4, -0.2) is 55.6 Å². The van der Waals surface area contributed by atoms with Crippen molar-refractivity contribution in [1.82, 2.24) is 0 Å². The minimum atomic E-state index is -0.444. The summed E-state index contributed by atoms with van der Waals surface area (Å²) in [7, 11) is 0. The minimum absolute atomic E-state index is 0.118. The summed E-state index contributed by atoms with van der Waals surface area (Å²) in [5, 5.41) is 20.5. The highest BCUT2D eigenvalue weighted by Gasteiger charge is 2.25. The molecular weight excluding hydrogens is 352 g/mol. The number of benzene rings is 2. The average molecular weight is 384 g/mol. The van der Waals surface area contributed by atoms with Crippen LogP contribution in [0.1, 0.15) is 30.1 Å². The number of hydrogen-bond donors (Lipinski definition) is 3. The number of hydrogen-bond acceptors (Lipinski definition) is 4. The van der Waals surface area contributed by atoms with Crippen LogP contribution in [0.3, 0.4) is 0 Å². The van der Waals surface area contributed by atoms with Crippen LogP contribution in [-0.2, 0) is 11.2 Å². The highest BCUT2D eigenvalue weighted by molar-refractivity contribution is 5.57. The van der Waals surface area contributed by atoms with Gasteiger partial charge in [0.1, 0.15) is 18.4 Å². The Labute approximate surface area is 167 Å². The summed E-state index contributed by atoms with van der Waals surface area (Å²) in [6.45, 7) is 4.79. The van der Waals surface area contributed by atoms with Gasteiger partial charge in [-0.05, 0) is 42.5 Å². The van der Waals surface area contributed by atoms with Crippen LogP contribution in [0.4, 0.5) is 5.69 Å². The summed E-state index contributed by atoms with van der Waals surface area (Å²) in [5.74, 6) is 0.340. The van der Waals surface area contributed by atoms with Crippen LogP contribution >= 0.6 is 0 Å². The van der Waals surface area contributed by atoms with Crippen LogP contribution in [0, 0.1) is 0 Å². The van der Waals surface area contributed by atoms with Crippen molar-refractivity contribution in [2.45, 2.75) is 31.5 Å². The van der Waals surface area contributed by atoms with E-state index in [1.54, 1.807) is 6.07 Å². The molecule has 0 radical (unpaired) electrons. The fourth-order valence-electron chi connectivity index (χ4n) is 4.50. The van der Waals surface area contributed by atoms with Gasteiger partial charge in [-0.25, -0.2) is 0 Å². The predicted molar refractivity (Wildman–Crippen MR) is 110 cm³/mol. The molecule has 3 N–H and O–H groups in total. The quantitative estimate of drug-likeness (QED) is 0.709. The number of fused-ring (bicyclic) bond motifs is 1. The molecule has 1 fully saturated rings. The molecule has 0 aromatic heterocycles. The van der Waals surface area contributed by atoms with Gasteiger partial charge < -0.3 is 24.7 Å². The molecule has 28 heavy (non-hydrogen) atoms. The SMILES string of the molecule is Oc1ccccc1N1CC[NH+](C[C@@H](O)CO[C@H]2CCCc3ccccc32)CC1. The Kier molecular flexibility index (Phi) is 6.15. The molecule has 5 nitrogen and oxygen atoms in total. The van der Waals surface area contributed by atoms with E-state index >= 15 is 0 Å². The second kappa shape index (κ2) is 8.95. The van der Waals surface area contributed by atoms with E-state index in [1.165, 1.54) is 16.0 Å². The Morgan fingerprint density at radius 1 is 1.07 bits per heavy atom. The molecule has 0 saturated carbocycles. The van der Waals surface area contributed by atoms with Gasteiger partial charge in [-0.2, -0.15) is 0 Å². The molecule has 1 aliphatic carbocycles. The van der Waals surface area contributed by atoms with E-state index in [4.69, 9.17) is 4.74 Å². The lowest BCUT2D eigenvalue weighted by atomic mass is 9.89. The van der Waals surface area contributed by atoms with Crippen molar-refractivity contribution < 1.29 is 19.8 Å². The van der Waals surface area contributed by atoms with E-state index in [1.807, 2.05) is 18.2 Å². The average Bonchev–Trinajstić information content (AvgIpc) is 2.73. The molecule has 1 saturated heterocycles. The number of nitrogens with zero attached hydrogens (tertiary/aromatic N) is 1. The Balaban J connectivity index is 1.23. The normalized spacial score (nSPS) is 21.3. The first-order valence-electron chi connectivity index (χ1n) is 10.4. The number of quaternary nitrogens is 1. The predicted octanol–water partition coefficient (Wildman–Crippen LogP) is 1.55. The van der Waals surface area contributed by atoms with Gasteiger partial charge in [0.05, 0.1) is 44.6 Å². The number of phenols is 1. The van der Waals surface area contributed by atoms with Crippen molar-refractivity contribution in [3.8, 4) is 5.75 Å². The minimum Gasteiger partial charge on any atom is -0.506 e. The van der Waals surface area contributed by atoms with Gasteiger partial charge in [-0.3, -0.25) is 0 Å². The smallest absolute Gasteiger partial charge is 0.138 e. The number of phenolic OH excluding ortho intramolecular Hbond substituents is 1. The van der Waals surface area contributed by atoms with Crippen molar-refractivity contribution in [3.05, 3.63) is 59.7 Å². The summed E-state index contributed by atoms with van der Waals surface area (Å²) in [6.07, 6.45) is 2.99. The highest BCUT2D eigenvalue weighted by atomic mass is 16.5.